The third kappa shape index (κ3) is 5.42. The minimum absolute atomic E-state index is 0.627. The van der Waals surface area contributed by atoms with Gasteiger partial charge in [-0.3, -0.25) is 0 Å². The third-order valence-electron chi connectivity index (χ3n) is 4.67. The lowest BCUT2D eigenvalue weighted by Gasteiger charge is -2.23. The third-order valence-corrected chi connectivity index (χ3v) is 4.67. The van der Waals surface area contributed by atoms with Crippen LogP contribution in [0.5, 0.6) is 5.75 Å². The smallest absolute Gasteiger partial charge is 0.120 e. The summed E-state index contributed by atoms with van der Waals surface area (Å²) >= 11 is 0. The van der Waals surface area contributed by atoms with Gasteiger partial charge in [0.2, 0.25) is 0 Å². The van der Waals surface area contributed by atoms with Crippen LogP contribution in [0.15, 0.2) is 54.6 Å². The van der Waals surface area contributed by atoms with Crippen LogP contribution in [0.25, 0.3) is 0 Å². The molecule has 0 radical (unpaired) electrons. The highest BCUT2D eigenvalue weighted by molar-refractivity contribution is 5.31. The van der Waals surface area contributed by atoms with E-state index in [1.807, 2.05) is 6.07 Å². The van der Waals surface area contributed by atoms with Crippen LogP contribution < -0.4 is 4.74 Å². The highest BCUT2D eigenvalue weighted by Crippen LogP contribution is 2.33. The Morgan fingerprint density at radius 3 is 2.43 bits per heavy atom. The van der Waals surface area contributed by atoms with Crippen molar-refractivity contribution in [3.63, 3.8) is 0 Å². The number of benzene rings is 2. The highest BCUT2D eigenvalue weighted by atomic mass is 16.5. The van der Waals surface area contributed by atoms with Crippen LogP contribution >= 0.6 is 0 Å². The van der Waals surface area contributed by atoms with E-state index in [2.05, 4.69) is 69.3 Å². The molecule has 2 rings (SSSR count). The van der Waals surface area contributed by atoms with Gasteiger partial charge in [0.25, 0.3) is 0 Å². The lowest BCUT2D eigenvalue weighted by atomic mass is 9.82. The van der Waals surface area contributed by atoms with E-state index in [4.69, 9.17) is 4.74 Å². The standard InChI is InChI=1S/C22H30O/c1-4-6-11-18(3)22(5-2)20-14-10-15-21(16-20)23-17-19-12-8-7-9-13-19/h7-10,12-16,18,22H,4-6,11,17H2,1-3H3. The molecule has 2 atom stereocenters. The highest BCUT2D eigenvalue weighted by Gasteiger charge is 2.17. The van der Waals surface area contributed by atoms with Crippen molar-refractivity contribution in [3.05, 3.63) is 65.7 Å². The second-order valence-corrected chi connectivity index (χ2v) is 6.48. The lowest BCUT2D eigenvalue weighted by molar-refractivity contribution is 0.305. The zero-order valence-electron chi connectivity index (χ0n) is 14.8. The molecule has 1 heteroatoms. The van der Waals surface area contributed by atoms with Gasteiger partial charge in [0.15, 0.2) is 0 Å². The molecule has 0 aliphatic heterocycles. The summed E-state index contributed by atoms with van der Waals surface area (Å²) < 4.78 is 5.99. The van der Waals surface area contributed by atoms with Crippen molar-refractivity contribution in [1.82, 2.24) is 0 Å². The fraction of sp³-hybridized carbons (Fsp3) is 0.455. The number of unbranched alkanes of at least 4 members (excludes halogenated alkanes) is 1. The van der Waals surface area contributed by atoms with Crippen molar-refractivity contribution < 1.29 is 4.74 Å². The van der Waals surface area contributed by atoms with E-state index < -0.39 is 0 Å². The van der Waals surface area contributed by atoms with Crippen molar-refractivity contribution >= 4 is 0 Å². The predicted octanol–water partition coefficient (Wildman–Crippen LogP) is 6.59. The average Bonchev–Trinajstić information content (AvgIpc) is 2.60. The van der Waals surface area contributed by atoms with Gasteiger partial charge in [-0.15, -0.1) is 0 Å². The molecule has 2 aromatic carbocycles. The van der Waals surface area contributed by atoms with E-state index >= 15 is 0 Å². The molecule has 0 amide bonds. The quantitative estimate of drug-likeness (QED) is 0.508. The fourth-order valence-corrected chi connectivity index (χ4v) is 3.27. The van der Waals surface area contributed by atoms with Gasteiger partial charge in [-0.2, -0.15) is 0 Å². The Labute approximate surface area is 141 Å². The molecule has 1 nitrogen and oxygen atoms in total. The van der Waals surface area contributed by atoms with Crippen LogP contribution in [0.1, 0.15) is 63.5 Å². The van der Waals surface area contributed by atoms with Crippen LogP contribution in [-0.2, 0) is 6.61 Å². The van der Waals surface area contributed by atoms with Crippen molar-refractivity contribution in [2.75, 3.05) is 0 Å². The van der Waals surface area contributed by atoms with Crippen LogP contribution in [0.4, 0.5) is 0 Å². The normalized spacial score (nSPS) is 13.5. The Balaban J connectivity index is 2.02. The molecule has 0 saturated heterocycles. The Bertz CT molecular complexity index is 561. The molecule has 0 saturated carbocycles. The van der Waals surface area contributed by atoms with Gasteiger partial charge < -0.3 is 4.74 Å². The Morgan fingerprint density at radius 2 is 1.74 bits per heavy atom. The molecule has 0 fully saturated rings. The predicted molar refractivity (Wildman–Crippen MR) is 98.9 cm³/mol. The first-order valence-corrected chi connectivity index (χ1v) is 9.01. The summed E-state index contributed by atoms with van der Waals surface area (Å²) in [4.78, 5) is 0. The number of rotatable bonds is 9. The first-order valence-electron chi connectivity index (χ1n) is 9.01. The second-order valence-electron chi connectivity index (χ2n) is 6.48. The van der Waals surface area contributed by atoms with Crippen molar-refractivity contribution in [2.24, 2.45) is 5.92 Å². The molecule has 0 bridgehead atoms. The molecule has 0 aromatic heterocycles. The van der Waals surface area contributed by atoms with E-state index in [1.165, 1.54) is 36.8 Å². The van der Waals surface area contributed by atoms with Gasteiger partial charge in [0, 0.05) is 0 Å². The summed E-state index contributed by atoms with van der Waals surface area (Å²) in [6.45, 7) is 7.59. The largest absolute Gasteiger partial charge is 0.489 e. The van der Waals surface area contributed by atoms with E-state index in [-0.39, 0.29) is 0 Å². The van der Waals surface area contributed by atoms with Gasteiger partial charge >= 0.3 is 0 Å². The van der Waals surface area contributed by atoms with Crippen LogP contribution in [0.2, 0.25) is 0 Å². The monoisotopic (exact) mass is 310 g/mol. The maximum Gasteiger partial charge on any atom is 0.120 e. The molecular weight excluding hydrogens is 280 g/mol. The van der Waals surface area contributed by atoms with Crippen molar-refractivity contribution in [3.8, 4) is 5.75 Å². The molecule has 124 valence electrons. The number of hydrogen-bond donors (Lipinski definition) is 0. The SMILES string of the molecule is CCCCC(C)C(CC)c1cccc(OCc2ccccc2)c1. The van der Waals surface area contributed by atoms with Crippen LogP contribution in [-0.4, -0.2) is 0 Å². The zero-order valence-corrected chi connectivity index (χ0v) is 14.8. The van der Waals surface area contributed by atoms with Crippen molar-refractivity contribution in [1.29, 1.82) is 0 Å². The molecule has 0 spiro atoms. The minimum atomic E-state index is 0.627. The lowest BCUT2D eigenvalue weighted by Crippen LogP contribution is -2.09. The summed E-state index contributed by atoms with van der Waals surface area (Å²) in [5, 5.41) is 0. The topological polar surface area (TPSA) is 9.23 Å². The Hall–Kier alpha value is -1.76. The van der Waals surface area contributed by atoms with E-state index in [1.54, 1.807) is 0 Å². The van der Waals surface area contributed by atoms with E-state index in [0.717, 1.165) is 11.7 Å². The first-order chi connectivity index (χ1) is 11.2. The van der Waals surface area contributed by atoms with Gasteiger partial charge in [-0.25, -0.2) is 0 Å². The number of hydrogen-bond acceptors (Lipinski definition) is 1. The molecule has 23 heavy (non-hydrogen) atoms. The first kappa shape index (κ1) is 17.6. The zero-order chi connectivity index (χ0) is 16.5. The molecule has 0 aliphatic rings. The summed E-state index contributed by atoms with van der Waals surface area (Å²) in [6.07, 6.45) is 5.10. The average molecular weight is 310 g/mol. The summed E-state index contributed by atoms with van der Waals surface area (Å²) in [5.41, 5.74) is 2.63. The van der Waals surface area contributed by atoms with Gasteiger partial charge in [-0.05, 0) is 41.5 Å². The Kier molecular flexibility index (Phi) is 7.19. The van der Waals surface area contributed by atoms with Crippen LogP contribution in [0, 0.1) is 5.92 Å². The molecule has 0 aliphatic carbocycles. The molecule has 0 heterocycles. The van der Waals surface area contributed by atoms with Crippen LogP contribution in [0.3, 0.4) is 0 Å². The maximum atomic E-state index is 5.99. The number of ether oxygens (including phenoxy) is 1. The van der Waals surface area contributed by atoms with E-state index in [0.29, 0.717) is 12.5 Å². The molecule has 2 unspecified atom stereocenters. The van der Waals surface area contributed by atoms with E-state index in [9.17, 15) is 0 Å². The molecular formula is C22H30O. The maximum absolute atomic E-state index is 5.99. The fourth-order valence-electron chi connectivity index (χ4n) is 3.27. The summed E-state index contributed by atoms with van der Waals surface area (Å²) in [5.74, 6) is 2.33. The Morgan fingerprint density at radius 1 is 0.957 bits per heavy atom. The summed E-state index contributed by atoms with van der Waals surface area (Å²) in [6, 6.07) is 19.0. The molecule has 2 aromatic rings. The van der Waals surface area contributed by atoms with Gasteiger partial charge in [0.05, 0.1) is 0 Å². The van der Waals surface area contributed by atoms with Gasteiger partial charge in [-0.1, -0.05) is 82.5 Å². The summed E-state index contributed by atoms with van der Waals surface area (Å²) in [7, 11) is 0. The second kappa shape index (κ2) is 9.39. The molecule has 0 N–H and O–H groups in total. The minimum Gasteiger partial charge on any atom is -0.489 e. The van der Waals surface area contributed by atoms with Crippen molar-refractivity contribution in [2.45, 2.75) is 59.0 Å². The van der Waals surface area contributed by atoms with Gasteiger partial charge in [0.1, 0.15) is 12.4 Å².